The highest BCUT2D eigenvalue weighted by Gasteiger charge is 2.26. The van der Waals surface area contributed by atoms with Crippen molar-refractivity contribution in [1.29, 1.82) is 0 Å². The van der Waals surface area contributed by atoms with Crippen LogP contribution in [0.4, 0.5) is 0 Å². The number of imidazole rings is 1. The molecule has 0 aliphatic carbocycles. The number of benzene rings is 1. The van der Waals surface area contributed by atoms with Gasteiger partial charge in [0.2, 0.25) is 5.91 Å². The number of carbonyl (C=O) groups excluding carboxylic acids is 1. The quantitative estimate of drug-likeness (QED) is 0.768. The van der Waals surface area contributed by atoms with Crippen LogP contribution < -0.4 is 0 Å². The van der Waals surface area contributed by atoms with Crippen LogP contribution in [-0.4, -0.2) is 44.1 Å². The summed E-state index contributed by atoms with van der Waals surface area (Å²) in [6.45, 7) is 3.70. The van der Waals surface area contributed by atoms with Crippen molar-refractivity contribution in [2.45, 2.75) is 38.5 Å². The Hall–Kier alpha value is -2.63. The van der Waals surface area contributed by atoms with Crippen molar-refractivity contribution in [2.24, 2.45) is 0 Å². The Balaban J connectivity index is 1.38. The number of amides is 1. The molecule has 3 aromatic rings. The van der Waals surface area contributed by atoms with Gasteiger partial charge in [-0.1, -0.05) is 12.1 Å². The first-order valence-electron chi connectivity index (χ1n) is 8.92. The van der Waals surface area contributed by atoms with Crippen LogP contribution in [0.1, 0.15) is 42.3 Å². The lowest BCUT2D eigenvalue weighted by atomic mass is 9.92. The fourth-order valence-corrected chi connectivity index (χ4v) is 3.72. The highest BCUT2D eigenvalue weighted by molar-refractivity contribution is 5.77. The number of fused-ring (bicyclic) bond motifs is 1. The van der Waals surface area contributed by atoms with E-state index >= 15 is 0 Å². The number of hydrogen-bond donors (Lipinski definition) is 2. The number of aromatic nitrogens is 4. The second-order valence-electron chi connectivity index (χ2n) is 6.85. The van der Waals surface area contributed by atoms with Crippen molar-refractivity contribution < 1.29 is 4.79 Å². The van der Waals surface area contributed by atoms with Gasteiger partial charge in [0.05, 0.1) is 17.2 Å². The van der Waals surface area contributed by atoms with Crippen LogP contribution >= 0.6 is 0 Å². The van der Waals surface area contributed by atoms with Crippen LogP contribution in [-0.2, 0) is 11.2 Å². The molecule has 0 saturated carbocycles. The van der Waals surface area contributed by atoms with Crippen molar-refractivity contribution in [3.63, 3.8) is 0 Å². The Kier molecular flexibility index (Phi) is 4.26. The Morgan fingerprint density at radius 1 is 1.36 bits per heavy atom. The van der Waals surface area contributed by atoms with E-state index < -0.39 is 0 Å². The highest BCUT2D eigenvalue weighted by Crippen LogP contribution is 2.27. The number of piperidine rings is 1. The van der Waals surface area contributed by atoms with E-state index in [1.165, 1.54) is 11.3 Å². The van der Waals surface area contributed by atoms with Crippen molar-refractivity contribution in [3.8, 4) is 0 Å². The molecule has 1 saturated heterocycles. The SMILES string of the molecule is Cc1cn[nH]c1[C@@H]1CCCN(C(=O)CCc2nc3ccccc3[nH]2)C1. The zero-order chi connectivity index (χ0) is 17.2. The summed E-state index contributed by atoms with van der Waals surface area (Å²) in [5, 5.41) is 7.23. The van der Waals surface area contributed by atoms with E-state index in [0.29, 0.717) is 18.8 Å². The van der Waals surface area contributed by atoms with Gasteiger partial charge in [-0.05, 0) is 37.5 Å². The number of hydrogen-bond acceptors (Lipinski definition) is 3. The topological polar surface area (TPSA) is 77.7 Å². The maximum absolute atomic E-state index is 12.6. The van der Waals surface area contributed by atoms with Crippen LogP contribution in [0.25, 0.3) is 11.0 Å². The molecule has 130 valence electrons. The monoisotopic (exact) mass is 337 g/mol. The summed E-state index contributed by atoms with van der Waals surface area (Å²) in [4.78, 5) is 22.5. The van der Waals surface area contributed by atoms with Crippen molar-refractivity contribution in [1.82, 2.24) is 25.1 Å². The molecule has 1 atom stereocenters. The van der Waals surface area contributed by atoms with Crippen molar-refractivity contribution in [2.75, 3.05) is 13.1 Å². The normalized spacial score (nSPS) is 18.0. The smallest absolute Gasteiger partial charge is 0.223 e. The number of H-pyrrole nitrogens is 2. The maximum Gasteiger partial charge on any atom is 0.223 e. The Morgan fingerprint density at radius 3 is 3.04 bits per heavy atom. The summed E-state index contributed by atoms with van der Waals surface area (Å²) < 4.78 is 0. The van der Waals surface area contributed by atoms with E-state index in [1.54, 1.807) is 0 Å². The van der Waals surface area contributed by atoms with E-state index in [9.17, 15) is 4.79 Å². The zero-order valence-corrected chi connectivity index (χ0v) is 14.5. The molecule has 2 N–H and O–H groups in total. The maximum atomic E-state index is 12.6. The van der Waals surface area contributed by atoms with Gasteiger partial charge in [-0.2, -0.15) is 5.10 Å². The average Bonchev–Trinajstić information content (AvgIpc) is 3.25. The number of aryl methyl sites for hydroxylation is 2. The second-order valence-corrected chi connectivity index (χ2v) is 6.85. The average molecular weight is 337 g/mol. The minimum absolute atomic E-state index is 0.210. The zero-order valence-electron chi connectivity index (χ0n) is 14.5. The van der Waals surface area contributed by atoms with Gasteiger partial charge >= 0.3 is 0 Å². The first kappa shape index (κ1) is 15.9. The summed E-state index contributed by atoms with van der Waals surface area (Å²) in [7, 11) is 0. The van der Waals surface area contributed by atoms with Gasteiger partial charge in [0.25, 0.3) is 0 Å². The third kappa shape index (κ3) is 3.29. The highest BCUT2D eigenvalue weighted by atomic mass is 16.2. The number of nitrogens with zero attached hydrogens (tertiary/aromatic N) is 3. The third-order valence-electron chi connectivity index (χ3n) is 5.06. The van der Waals surface area contributed by atoms with Crippen molar-refractivity contribution in [3.05, 3.63) is 47.5 Å². The van der Waals surface area contributed by atoms with E-state index in [2.05, 4.69) is 27.1 Å². The van der Waals surface area contributed by atoms with Gasteiger partial charge in [-0.25, -0.2) is 4.98 Å². The standard InChI is InChI=1S/C19H23N5O/c1-13-11-20-23-19(13)14-5-4-10-24(12-14)18(25)9-8-17-21-15-6-2-3-7-16(15)22-17/h2-3,6-7,11,14H,4-5,8-10,12H2,1H3,(H,20,23)(H,21,22)/t14-/m1/s1. The summed E-state index contributed by atoms with van der Waals surface area (Å²) in [6, 6.07) is 7.96. The van der Waals surface area contributed by atoms with Gasteiger partial charge < -0.3 is 9.88 Å². The van der Waals surface area contributed by atoms with Gasteiger partial charge in [0.15, 0.2) is 0 Å². The molecule has 6 nitrogen and oxygen atoms in total. The van der Waals surface area contributed by atoms with E-state index in [4.69, 9.17) is 0 Å². The van der Waals surface area contributed by atoms with Gasteiger partial charge in [0.1, 0.15) is 5.82 Å². The predicted octanol–water partition coefficient (Wildman–Crippen LogP) is 2.93. The minimum Gasteiger partial charge on any atom is -0.342 e. The lowest BCUT2D eigenvalue weighted by Crippen LogP contribution is -2.39. The molecule has 1 amide bonds. The summed E-state index contributed by atoms with van der Waals surface area (Å²) in [5.41, 5.74) is 4.34. The summed E-state index contributed by atoms with van der Waals surface area (Å²) in [6.07, 6.45) is 5.15. The molecule has 0 radical (unpaired) electrons. The molecule has 0 unspecified atom stereocenters. The molecule has 6 heteroatoms. The Morgan fingerprint density at radius 2 is 2.24 bits per heavy atom. The van der Waals surface area contributed by atoms with Gasteiger partial charge in [-0.3, -0.25) is 9.89 Å². The summed E-state index contributed by atoms with van der Waals surface area (Å²) >= 11 is 0. The first-order valence-corrected chi connectivity index (χ1v) is 8.92. The molecule has 1 fully saturated rings. The molecule has 4 rings (SSSR count). The van der Waals surface area contributed by atoms with Crippen LogP contribution in [0, 0.1) is 6.92 Å². The largest absolute Gasteiger partial charge is 0.342 e. The van der Waals surface area contributed by atoms with Gasteiger partial charge in [-0.15, -0.1) is 0 Å². The predicted molar refractivity (Wildman–Crippen MR) is 96.3 cm³/mol. The molecule has 1 aromatic carbocycles. The van der Waals surface area contributed by atoms with Gasteiger partial charge in [0, 0.05) is 37.5 Å². The third-order valence-corrected chi connectivity index (χ3v) is 5.06. The number of para-hydroxylation sites is 2. The number of rotatable bonds is 4. The Labute approximate surface area is 146 Å². The molecule has 1 aliphatic heterocycles. The van der Waals surface area contributed by atoms with E-state index in [0.717, 1.165) is 42.8 Å². The second kappa shape index (κ2) is 6.70. The number of nitrogens with one attached hydrogen (secondary N) is 2. The Bertz CT molecular complexity index is 848. The molecular formula is C19H23N5O. The minimum atomic E-state index is 0.210. The van der Waals surface area contributed by atoms with Crippen LogP contribution in [0.3, 0.4) is 0 Å². The lowest BCUT2D eigenvalue weighted by Gasteiger charge is -2.32. The molecule has 25 heavy (non-hydrogen) atoms. The molecule has 0 bridgehead atoms. The van der Waals surface area contributed by atoms with Crippen LogP contribution in [0.15, 0.2) is 30.5 Å². The van der Waals surface area contributed by atoms with Crippen LogP contribution in [0.5, 0.6) is 0 Å². The molecule has 0 spiro atoms. The summed E-state index contributed by atoms with van der Waals surface area (Å²) in [5.74, 6) is 1.46. The van der Waals surface area contributed by atoms with Crippen LogP contribution in [0.2, 0.25) is 0 Å². The lowest BCUT2D eigenvalue weighted by molar-refractivity contribution is -0.132. The number of carbonyl (C=O) groups is 1. The number of aromatic amines is 2. The van der Waals surface area contributed by atoms with Crippen molar-refractivity contribution >= 4 is 16.9 Å². The molecule has 2 aromatic heterocycles. The molecule has 1 aliphatic rings. The molecule has 3 heterocycles. The molecular weight excluding hydrogens is 314 g/mol. The fraction of sp³-hybridized carbons (Fsp3) is 0.421. The fourth-order valence-electron chi connectivity index (χ4n) is 3.72. The number of likely N-dealkylation sites (tertiary alicyclic amines) is 1. The van der Waals surface area contributed by atoms with E-state index in [-0.39, 0.29) is 5.91 Å². The van der Waals surface area contributed by atoms with E-state index in [1.807, 2.05) is 35.4 Å². The first-order chi connectivity index (χ1) is 12.2.